The number of benzene rings is 1. The number of amides is 2. The predicted octanol–water partition coefficient (Wildman–Crippen LogP) is 0.369. The van der Waals surface area contributed by atoms with Crippen LogP contribution in [0.4, 0.5) is 0 Å². The first-order valence-electron chi connectivity index (χ1n) is 6.01. The molecule has 1 heterocycles. The van der Waals surface area contributed by atoms with Crippen molar-refractivity contribution in [3.8, 4) is 0 Å². The molecule has 1 atom stereocenters. The fourth-order valence-corrected chi connectivity index (χ4v) is 2.78. The summed E-state index contributed by atoms with van der Waals surface area (Å²) in [7, 11) is 0. The number of carbonyl (C=O) groups is 2. The van der Waals surface area contributed by atoms with Crippen molar-refractivity contribution in [3.05, 3.63) is 35.9 Å². The van der Waals surface area contributed by atoms with Crippen LogP contribution in [0.3, 0.4) is 0 Å². The summed E-state index contributed by atoms with van der Waals surface area (Å²) in [5.41, 5.74) is 0.848. The van der Waals surface area contributed by atoms with Crippen molar-refractivity contribution in [3.63, 3.8) is 0 Å². The number of hydrogen-bond donors (Lipinski definition) is 2. The van der Waals surface area contributed by atoms with Crippen LogP contribution in [0.15, 0.2) is 30.3 Å². The summed E-state index contributed by atoms with van der Waals surface area (Å²) in [5, 5.41) is 12.1. The summed E-state index contributed by atoms with van der Waals surface area (Å²) >= 11 is 1.50. The summed E-state index contributed by atoms with van der Waals surface area (Å²) < 4.78 is 0. The number of aliphatic hydroxyl groups excluding tert-OH is 1. The highest BCUT2D eigenvalue weighted by Crippen LogP contribution is 2.15. The molecule has 0 spiro atoms. The lowest BCUT2D eigenvalue weighted by atomic mass is 10.1. The second kappa shape index (κ2) is 6.58. The Morgan fingerprint density at radius 1 is 1.42 bits per heavy atom. The average molecular weight is 280 g/mol. The van der Waals surface area contributed by atoms with Gasteiger partial charge in [-0.25, -0.2) is 0 Å². The first kappa shape index (κ1) is 13.9. The highest BCUT2D eigenvalue weighted by molar-refractivity contribution is 8.00. The quantitative estimate of drug-likeness (QED) is 0.817. The number of nitrogens with zero attached hydrogens (tertiary/aromatic N) is 1. The van der Waals surface area contributed by atoms with Crippen LogP contribution in [-0.2, 0) is 9.59 Å². The predicted molar refractivity (Wildman–Crippen MR) is 73.4 cm³/mol. The van der Waals surface area contributed by atoms with Crippen LogP contribution in [0.25, 0.3) is 0 Å². The minimum Gasteiger partial charge on any atom is -0.394 e. The molecular formula is C13H16N2O3S. The smallest absolute Gasteiger partial charge is 0.240 e. The van der Waals surface area contributed by atoms with Gasteiger partial charge in [-0.15, -0.1) is 11.8 Å². The summed E-state index contributed by atoms with van der Waals surface area (Å²) in [6.45, 7) is -0.117. The molecule has 0 aromatic heterocycles. The number of carbonyl (C=O) groups excluding carboxylic acids is 2. The zero-order valence-corrected chi connectivity index (χ0v) is 11.2. The molecule has 2 N–H and O–H groups in total. The van der Waals surface area contributed by atoms with Crippen LogP contribution in [-0.4, -0.2) is 46.6 Å². The Balaban J connectivity index is 1.91. The van der Waals surface area contributed by atoms with Gasteiger partial charge in [0.15, 0.2) is 0 Å². The van der Waals surface area contributed by atoms with E-state index in [-0.39, 0.29) is 25.0 Å². The summed E-state index contributed by atoms with van der Waals surface area (Å²) in [6, 6.07) is 8.84. The number of aliphatic hydroxyl groups is 1. The molecule has 0 unspecified atom stereocenters. The third-order valence-corrected chi connectivity index (χ3v) is 3.82. The third-order valence-electron chi connectivity index (χ3n) is 2.88. The van der Waals surface area contributed by atoms with Gasteiger partial charge in [-0.05, 0) is 5.56 Å². The molecule has 0 saturated carbocycles. The number of hydrogen-bond acceptors (Lipinski definition) is 4. The van der Waals surface area contributed by atoms with E-state index >= 15 is 0 Å². The third kappa shape index (κ3) is 3.71. The zero-order chi connectivity index (χ0) is 13.7. The van der Waals surface area contributed by atoms with E-state index in [1.807, 2.05) is 30.3 Å². The van der Waals surface area contributed by atoms with Crippen molar-refractivity contribution in [2.24, 2.45) is 0 Å². The molecule has 5 nitrogen and oxygen atoms in total. The van der Waals surface area contributed by atoms with Gasteiger partial charge in [0.2, 0.25) is 11.8 Å². The van der Waals surface area contributed by atoms with Crippen LogP contribution in [0, 0.1) is 0 Å². The second-order valence-corrected chi connectivity index (χ2v) is 5.24. The molecule has 1 aliphatic heterocycles. The van der Waals surface area contributed by atoms with Gasteiger partial charge in [0.05, 0.1) is 24.3 Å². The van der Waals surface area contributed by atoms with Crippen LogP contribution in [0.5, 0.6) is 0 Å². The Kier molecular flexibility index (Phi) is 4.81. The Labute approximate surface area is 116 Å². The van der Waals surface area contributed by atoms with E-state index in [2.05, 4.69) is 5.32 Å². The van der Waals surface area contributed by atoms with Crippen molar-refractivity contribution in [2.75, 3.05) is 24.8 Å². The Morgan fingerprint density at radius 3 is 2.74 bits per heavy atom. The SMILES string of the molecule is O=C(CN1CSCC1=O)N[C@H](CO)c1ccccc1. The van der Waals surface area contributed by atoms with Gasteiger partial charge in [0, 0.05) is 0 Å². The van der Waals surface area contributed by atoms with E-state index < -0.39 is 6.04 Å². The first-order chi connectivity index (χ1) is 9.20. The molecule has 19 heavy (non-hydrogen) atoms. The molecule has 102 valence electrons. The molecule has 0 bridgehead atoms. The van der Waals surface area contributed by atoms with E-state index in [4.69, 9.17) is 0 Å². The minimum atomic E-state index is -0.431. The summed E-state index contributed by atoms with van der Waals surface area (Å²) in [6.07, 6.45) is 0. The van der Waals surface area contributed by atoms with Gasteiger partial charge in [-0.2, -0.15) is 0 Å². The Bertz CT molecular complexity index is 452. The molecule has 1 aromatic carbocycles. The molecule has 1 aromatic rings. The van der Waals surface area contributed by atoms with Gasteiger partial charge >= 0.3 is 0 Å². The highest BCUT2D eigenvalue weighted by Gasteiger charge is 2.24. The van der Waals surface area contributed by atoms with Gasteiger partial charge in [-0.3, -0.25) is 9.59 Å². The molecule has 2 amide bonds. The minimum absolute atomic E-state index is 0.0135. The topological polar surface area (TPSA) is 69.6 Å². The van der Waals surface area contributed by atoms with Crippen molar-refractivity contribution in [1.29, 1.82) is 0 Å². The number of rotatable bonds is 5. The van der Waals surface area contributed by atoms with E-state index in [1.165, 1.54) is 16.7 Å². The van der Waals surface area contributed by atoms with Crippen molar-refractivity contribution in [1.82, 2.24) is 10.2 Å². The molecule has 6 heteroatoms. The van der Waals surface area contributed by atoms with E-state index in [1.54, 1.807) is 0 Å². The Hall–Kier alpha value is -1.53. The van der Waals surface area contributed by atoms with Gasteiger partial charge < -0.3 is 15.3 Å². The van der Waals surface area contributed by atoms with Crippen LogP contribution >= 0.6 is 11.8 Å². The molecule has 0 aliphatic carbocycles. The van der Waals surface area contributed by atoms with Crippen LogP contribution in [0.1, 0.15) is 11.6 Å². The van der Waals surface area contributed by atoms with Crippen molar-refractivity contribution >= 4 is 23.6 Å². The molecule has 0 radical (unpaired) electrons. The average Bonchev–Trinajstić information content (AvgIpc) is 2.82. The maximum Gasteiger partial charge on any atom is 0.240 e. The first-order valence-corrected chi connectivity index (χ1v) is 7.17. The summed E-state index contributed by atoms with van der Waals surface area (Å²) in [4.78, 5) is 24.8. The maximum atomic E-state index is 11.9. The molecular weight excluding hydrogens is 264 g/mol. The molecule has 1 fully saturated rings. The van der Waals surface area contributed by atoms with E-state index in [0.717, 1.165) is 5.56 Å². The fraction of sp³-hybridized carbons (Fsp3) is 0.385. The molecule has 1 aliphatic rings. The normalized spacial score (nSPS) is 16.5. The highest BCUT2D eigenvalue weighted by atomic mass is 32.2. The van der Waals surface area contributed by atoms with E-state index in [0.29, 0.717) is 11.6 Å². The maximum absolute atomic E-state index is 11.9. The zero-order valence-electron chi connectivity index (χ0n) is 10.4. The largest absolute Gasteiger partial charge is 0.394 e. The molecule has 1 saturated heterocycles. The standard InChI is InChI=1S/C13H16N2O3S/c16-7-11(10-4-2-1-3-5-10)14-12(17)6-15-9-19-8-13(15)18/h1-5,11,16H,6-9H2,(H,14,17)/t11-/m1/s1. The molecule has 2 rings (SSSR count). The summed E-state index contributed by atoms with van der Waals surface area (Å²) in [5.74, 6) is 0.732. The lowest BCUT2D eigenvalue weighted by molar-refractivity contribution is -0.132. The monoisotopic (exact) mass is 280 g/mol. The van der Waals surface area contributed by atoms with Gasteiger partial charge in [0.25, 0.3) is 0 Å². The van der Waals surface area contributed by atoms with Crippen LogP contribution in [0.2, 0.25) is 0 Å². The fourth-order valence-electron chi connectivity index (χ4n) is 1.87. The van der Waals surface area contributed by atoms with Gasteiger partial charge in [-0.1, -0.05) is 30.3 Å². The van der Waals surface area contributed by atoms with Gasteiger partial charge in [0.1, 0.15) is 6.54 Å². The Morgan fingerprint density at radius 2 is 2.16 bits per heavy atom. The van der Waals surface area contributed by atoms with Crippen molar-refractivity contribution < 1.29 is 14.7 Å². The number of thioether (sulfide) groups is 1. The van der Waals surface area contributed by atoms with E-state index in [9.17, 15) is 14.7 Å². The number of nitrogens with one attached hydrogen (secondary N) is 1. The second-order valence-electron chi connectivity index (χ2n) is 4.28. The lowest BCUT2D eigenvalue weighted by Crippen LogP contribution is -2.40. The van der Waals surface area contributed by atoms with Crippen molar-refractivity contribution in [2.45, 2.75) is 6.04 Å². The van der Waals surface area contributed by atoms with Crippen LogP contribution < -0.4 is 5.32 Å². The lowest BCUT2D eigenvalue weighted by Gasteiger charge is -2.19.